The number of hydrogen-bond donors (Lipinski definition) is 1. The van der Waals surface area contributed by atoms with E-state index in [0.717, 1.165) is 38.5 Å². The second kappa shape index (κ2) is 11.8. The van der Waals surface area contributed by atoms with Gasteiger partial charge in [-0.3, -0.25) is 8.98 Å². The summed E-state index contributed by atoms with van der Waals surface area (Å²) in [5.74, 6) is -0.321. The van der Waals surface area contributed by atoms with Crippen LogP contribution in [-0.4, -0.2) is 30.2 Å². The highest BCUT2D eigenvalue weighted by atomic mass is 32.3. The first-order valence-corrected chi connectivity index (χ1v) is 9.40. The highest BCUT2D eigenvalue weighted by Gasteiger charge is 2.13. The Balaban J connectivity index is 3.81. The normalized spacial score (nSPS) is 13.5. The standard InChI is InChI=1S/C15H30O6S/c1-13(2)11-12-14(21-22(18,19)20)9-7-5-3-4-6-8-10-15(16)17/h13-14H,3-12H2,1-2H3,(H,16,17)(H,18,19,20)/p-1. The Morgan fingerprint density at radius 1 is 1.00 bits per heavy atom. The quantitative estimate of drug-likeness (QED) is 0.296. The van der Waals surface area contributed by atoms with Crippen LogP contribution in [0.3, 0.4) is 0 Å². The molecule has 132 valence electrons. The summed E-state index contributed by atoms with van der Waals surface area (Å²) in [7, 11) is -4.64. The first kappa shape index (κ1) is 21.3. The third-order valence-electron chi connectivity index (χ3n) is 3.49. The van der Waals surface area contributed by atoms with Gasteiger partial charge in [0.25, 0.3) is 0 Å². The second-order valence-corrected chi connectivity index (χ2v) is 7.16. The minimum Gasteiger partial charge on any atom is -0.726 e. The van der Waals surface area contributed by atoms with Crippen molar-refractivity contribution in [2.45, 2.75) is 84.2 Å². The lowest BCUT2D eigenvalue weighted by atomic mass is 10.0. The van der Waals surface area contributed by atoms with Gasteiger partial charge >= 0.3 is 5.97 Å². The van der Waals surface area contributed by atoms with Gasteiger partial charge in [-0.15, -0.1) is 0 Å². The molecule has 1 N–H and O–H groups in total. The van der Waals surface area contributed by atoms with Gasteiger partial charge in [-0.05, 0) is 31.6 Å². The highest BCUT2D eigenvalue weighted by molar-refractivity contribution is 7.80. The molecule has 0 heterocycles. The lowest BCUT2D eigenvalue weighted by molar-refractivity contribution is -0.137. The van der Waals surface area contributed by atoms with Crippen molar-refractivity contribution in [3.63, 3.8) is 0 Å². The summed E-state index contributed by atoms with van der Waals surface area (Å²) in [5, 5.41) is 8.51. The van der Waals surface area contributed by atoms with Crippen LogP contribution in [0.5, 0.6) is 0 Å². The van der Waals surface area contributed by atoms with Crippen molar-refractivity contribution in [3.8, 4) is 0 Å². The predicted molar refractivity (Wildman–Crippen MR) is 83.2 cm³/mol. The molecule has 0 spiro atoms. The van der Waals surface area contributed by atoms with Crippen LogP contribution in [0.2, 0.25) is 0 Å². The van der Waals surface area contributed by atoms with Crippen molar-refractivity contribution >= 4 is 16.4 Å². The number of aliphatic carboxylic acids is 1. The van der Waals surface area contributed by atoms with E-state index in [4.69, 9.17) is 5.11 Å². The third-order valence-corrected chi connectivity index (χ3v) is 3.99. The van der Waals surface area contributed by atoms with Crippen LogP contribution in [0.1, 0.15) is 78.1 Å². The van der Waals surface area contributed by atoms with Crippen molar-refractivity contribution in [1.29, 1.82) is 0 Å². The van der Waals surface area contributed by atoms with E-state index in [1.807, 2.05) is 13.8 Å². The van der Waals surface area contributed by atoms with Gasteiger partial charge in [0.1, 0.15) is 0 Å². The summed E-state index contributed by atoms with van der Waals surface area (Å²) >= 11 is 0. The van der Waals surface area contributed by atoms with Gasteiger partial charge in [0.2, 0.25) is 10.4 Å². The summed E-state index contributed by atoms with van der Waals surface area (Å²) in [5.41, 5.74) is 0. The number of hydrogen-bond acceptors (Lipinski definition) is 5. The van der Waals surface area contributed by atoms with E-state index in [9.17, 15) is 17.8 Å². The van der Waals surface area contributed by atoms with Gasteiger partial charge in [-0.25, -0.2) is 8.42 Å². The maximum atomic E-state index is 10.7. The number of rotatable bonds is 14. The van der Waals surface area contributed by atoms with Gasteiger partial charge in [0.05, 0.1) is 6.10 Å². The van der Waals surface area contributed by atoms with E-state index in [-0.39, 0.29) is 6.42 Å². The van der Waals surface area contributed by atoms with Crippen molar-refractivity contribution in [3.05, 3.63) is 0 Å². The predicted octanol–water partition coefficient (Wildman–Crippen LogP) is 3.47. The minimum atomic E-state index is -4.64. The first-order chi connectivity index (χ1) is 10.2. The molecule has 0 radical (unpaired) electrons. The molecular weight excluding hydrogens is 308 g/mol. The Kier molecular flexibility index (Phi) is 11.5. The maximum Gasteiger partial charge on any atom is 0.303 e. The van der Waals surface area contributed by atoms with Crippen molar-refractivity contribution in [2.24, 2.45) is 5.92 Å². The molecule has 0 aliphatic rings. The molecule has 0 amide bonds. The molecule has 6 nitrogen and oxygen atoms in total. The van der Waals surface area contributed by atoms with Crippen LogP contribution in [-0.2, 0) is 19.4 Å². The molecule has 0 aromatic carbocycles. The van der Waals surface area contributed by atoms with Crippen LogP contribution in [0.15, 0.2) is 0 Å². The fraction of sp³-hybridized carbons (Fsp3) is 0.933. The van der Waals surface area contributed by atoms with Gasteiger partial charge in [-0.2, -0.15) is 0 Å². The van der Waals surface area contributed by atoms with Gasteiger partial charge in [0.15, 0.2) is 0 Å². The van der Waals surface area contributed by atoms with Crippen LogP contribution < -0.4 is 0 Å². The molecule has 7 heteroatoms. The summed E-state index contributed by atoms with van der Waals surface area (Å²) in [6, 6.07) is 0. The molecule has 1 unspecified atom stereocenters. The monoisotopic (exact) mass is 337 g/mol. The summed E-state index contributed by atoms with van der Waals surface area (Å²) in [4.78, 5) is 10.3. The lowest BCUT2D eigenvalue weighted by Crippen LogP contribution is -2.19. The minimum absolute atomic E-state index is 0.215. The Labute approximate surface area is 134 Å². The molecule has 0 aromatic rings. The number of carboxylic acid groups (broad SMARTS) is 1. The van der Waals surface area contributed by atoms with E-state index < -0.39 is 22.5 Å². The third kappa shape index (κ3) is 15.7. The number of unbranched alkanes of at least 4 members (excludes halogenated alkanes) is 5. The molecule has 1 atom stereocenters. The Morgan fingerprint density at radius 3 is 2.05 bits per heavy atom. The molecule has 0 fully saturated rings. The smallest absolute Gasteiger partial charge is 0.303 e. The van der Waals surface area contributed by atoms with E-state index >= 15 is 0 Å². The Hall–Kier alpha value is -0.660. The zero-order chi connectivity index (χ0) is 17.0. The first-order valence-electron chi connectivity index (χ1n) is 8.06. The largest absolute Gasteiger partial charge is 0.726 e. The second-order valence-electron chi connectivity index (χ2n) is 6.15. The molecule has 0 saturated carbocycles. The highest BCUT2D eigenvalue weighted by Crippen LogP contribution is 2.18. The molecule has 0 bridgehead atoms. The molecular formula is C15H29O6S-. The van der Waals surface area contributed by atoms with E-state index in [1.54, 1.807) is 0 Å². The molecule has 0 aliphatic heterocycles. The Morgan fingerprint density at radius 2 is 1.55 bits per heavy atom. The van der Waals surface area contributed by atoms with Crippen LogP contribution in [0.25, 0.3) is 0 Å². The molecule has 0 saturated heterocycles. The zero-order valence-corrected chi connectivity index (χ0v) is 14.4. The lowest BCUT2D eigenvalue weighted by Gasteiger charge is -2.20. The van der Waals surface area contributed by atoms with Crippen LogP contribution >= 0.6 is 0 Å². The summed E-state index contributed by atoms with van der Waals surface area (Å²) in [6.07, 6.45) is 6.99. The number of carboxylic acids is 1. The molecule has 22 heavy (non-hydrogen) atoms. The topological polar surface area (TPSA) is 104 Å². The SMILES string of the molecule is CC(C)CCC(CCCCCCCCC(=O)O)OS(=O)(=O)[O-]. The van der Waals surface area contributed by atoms with Crippen molar-refractivity contribution in [2.75, 3.05) is 0 Å². The molecule has 0 aliphatic carbocycles. The van der Waals surface area contributed by atoms with Crippen molar-refractivity contribution < 1.29 is 27.1 Å². The Bertz CT molecular complexity index is 391. The average molecular weight is 337 g/mol. The molecule has 0 rings (SSSR count). The number of carbonyl (C=O) groups is 1. The maximum absolute atomic E-state index is 10.7. The van der Waals surface area contributed by atoms with Gasteiger partial charge < -0.3 is 9.66 Å². The fourth-order valence-corrected chi connectivity index (χ4v) is 2.81. The molecule has 0 aromatic heterocycles. The van der Waals surface area contributed by atoms with Crippen molar-refractivity contribution in [1.82, 2.24) is 0 Å². The summed E-state index contributed by atoms with van der Waals surface area (Å²) in [6.45, 7) is 4.08. The zero-order valence-electron chi connectivity index (χ0n) is 13.6. The van der Waals surface area contributed by atoms with Crippen LogP contribution in [0.4, 0.5) is 0 Å². The van der Waals surface area contributed by atoms with E-state index in [1.165, 1.54) is 0 Å². The van der Waals surface area contributed by atoms with E-state index in [2.05, 4.69) is 4.18 Å². The van der Waals surface area contributed by atoms with E-state index in [0.29, 0.717) is 25.2 Å². The van der Waals surface area contributed by atoms with Gasteiger partial charge in [-0.1, -0.05) is 46.0 Å². The average Bonchev–Trinajstić information content (AvgIpc) is 2.36. The van der Waals surface area contributed by atoms with Gasteiger partial charge in [0, 0.05) is 6.42 Å². The summed E-state index contributed by atoms with van der Waals surface area (Å²) < 4.78 is 36.8. The van der Waals surface area contributed by atoms with Crippen LogP contribution in [0, 0.1) is 5.92 Å². The fourth-order valence-electron chi connectivity index (χ4n) is 2.28.